The molecule has 2 unspecified atom stereocenters. The van der Waals surface area contributed by atoms with E-state index in [4.69, 9.17) is 23.7 Å². The molecular formula is C30H33NO8. The summed E-state index contributed by atoms with van der Waals surface area (Å²) < 4.78 is 21.9. The van der Waals surface area contributed by atoms with Crippen molar-refractivity contribution >= 4 is 17.8 Å². The average molecular weight is 536 g/mol. The van der Waals surface area contributed by atoms with Crippen LogP contribution in [0.3, 0.4) is 0 Å². The molecule has 206 valence electrons. The smallest absolute Gasteiger partial charge is 0.417 e. The second-order valence-corrected chi connectivity index (χ2v) is 9.37. The summed E-state index contributed by atoms with van der Waals surface area (Å²) >= 11 is 0. The van der Waals surface area contributed by atoms with E-state index in [0.29, 0.717) is 31.6 Å². The van der Waals surface area contributed by atoms with Gasteiger partial charge in [0.1, 0.15) is 12.4 Å². The summed E-state index contributed by atoms with van der Waals surface area (Å²) in [5.41, 5.74) is 3.57. The van der Waals surface area contributed by atoms with Crippen LogP contribution in [0, 0.1) is 6.92 Å². The number of Topliss-reactive ketones (excluding diaryl/α,β-unsaturated/α-hetero) is 1. The van der Waals surface area contributed by atoms with E-state index in [-0.39, 0.29) is 25.6 Å². The summed E-state index contributed by atoms with van der Waals surface area (Å²) in [6.07, 6.45) is -0.909. The van der Waals surface area contributed by atoms with Crippen LogP contribution in [-0.4, -0.2) is 73.5 Å². The van der Waals surface area contributed by atoms with Crippen molar-refractivity contribution in [3.8, 4) is 11.1 Å². The van der Waals surface area contributed by atoms with Crippen LogP contribution in [0.4, 0.5) is 4.79 Å². The minimum absolute atomic E-state index is 0.0326. The molecule has 1 fully saturated rings. The highest BCUT2D eigenvalue weighted by Gasteiger charge is 2.44. The Kier molecular flexibility index (Phi) is 9.64. The zero-order chi connectivity index (χ0) is 27.8. The van der Waals surface area contributed by atoms with E-state index in [1.807, 2.05) is 61.5 Å². The standard InChI is InChI=1S/C30H33NO8/c1-20-8-6-11-22(16-20)24-18-26(39-25(24)12-7-14-37-15-13-32)27(33)28(36-2)29(34)31-23(19-38-30(31)35)17-21-9-4-3-5-10-21/h3-6,8-11,16,18,23,28,32H,7,12-15,17,19H2,1-2H3. The minimum atomic E-state index is -1.58. The number of amides is 2. The monoisotopic (exact) mass is 535 g/mol. The molecule has 4 rings (SSSR count). The fraction of sp³-hybridized carbons (Fsp3) is 0.367. The highest BCUT2D eigenvalue weighted by atomic mass is 16.6. The van der Waals surface area contributed by atoms with E-state index >= 15 is 0 Å². The quantitative estimate of drug-likeness (QED) is 0.199. The van der Waals surface area contributed by atoms with Gasteiger partial charge in [-0.3, -0.25) is 9.59 Å². The first-order valence-corrected chi connectivity index (χ1v) is 12.9. The predicted molar refractivity (Wildman–Crippen MR) is 142 cm³/mol. The summed E-state index contributed by atoms with van der Waals surface area (Å²) in [7, 11) is 1.25. The SMILES string of the molecule is COC(C(=O)c1cc(-c2cccc(C)c2)c(CCCOCCO)o1)C(=O)N1C(=O)OCC1Cc1ccccc1. The number of aryl methyl sites for hydroxylation is 2. The molecule has 2 aromatic carbocycles. The van der Waals surface area contributed by atoms with Gasteiger partial charge < -0.3 is 23.7 Å². The number of ketones is 1. The van der Waals surface area contributed by atoms with Gasteiger partial charge in [0.15, 0.2) is 5.76 Å². The number of aliphatic hydroxyl groups excluding tert-OH is 1. The van der Waals surface area contributed by atoms with Crippen LogP contribution in [0.2, 0.25) is 0 Å². The van der Waals surface area contributed by atoms with Crippen LogP contribution in [0.5, 0.6) is 0 Å². The number of nitrogens with zero attached hydrogens (tertiary/aromatic N) is 1. The van der Waals surface area contributed by atoms with E-state index in [9.17, 15) is 14.4 Å². The minimum Gasteiger partial charge on any atom is -0.457 e. The van der Waals surface area contributed by atoms with Gasteiger partial charge in [0.2, 0.25) is 11.9 Å². The van der Waals surface area contributed by atoms with Gasteiger partial charge in [-0.1, -0.05) is 60.2 Å². The second-order valence-electron chi connectivity index (χ2n) is 9.37. The zero-order valence-electron chi connectivity index (χ0n) is 22.1. The van der Waals surface area contributed by atoms with E-state index in [2.05, 4.69) is 0 Å². The lowest BCUT2D eigenvalue weighted by molar-refractivity contribution is -0.137. The van der Waals surface area contributed by atoms with Gasteiger partial charge >= 0.3 is 6.09 Å². The lowest BCUT2D eigenvalue weighted by Crippen LogP contribution is -2.48. The maximum Gasteiger partial charge on any atom is 0.417 e. The summed E-state index contributed by atoms with van der Waals surface area (Å²) in [6.45, 7) is 2.60. The van der Waals surface area contributed by atoms with Crippen LogP contribution in [0.15, 0.2) is 65.1 Å². The van der Waals surface area contributed by atoms with E-state index in [0.717, 1.165) is 27.2 Å². The number of carbonyl (C=O) groups is 3. The summed E-state index contributed by atoms with van der Waals surface area (Å²) in [4.78, 5) is 40.5. The van der Waals surface area contributed by atoms with Crippen LogP contribution in [-0.2, 0) is 31.8 Å². The predicted octanol–water partition coefficient (Wildman–Crippen LogP) is 3.98. The van der Waals surface area contributed by atoms with E-state index in [1.165, 1.54) is 7.11 Å². The third kappa shape index (κ3) is 6.81. The van der Waals surface area contributed by atoms with Gasteiger partial charge in [-0.15, -0.1) is 0 Å². The maximum absolute atomic E-state index is 13.6. The molecule has 2 atom stereocenters. The van der Waals surface area contributed by atoms with Gasteiger partial charge in [-0.2, -0.15) is 0 Å². The van der Waals surface area contributed by atoms with Crippen molar-refractivity contribution in [2.75, 3.05) is 33.5 Å². The summed E-state index contributed by atoms with van der Waals surface area (Å²) in [5.74, 6) is -0.942. The molecular weight excluding hydrogens is 502 g/mol. The molecule has 2 amide bonds. The first-order chi connectivity index (χ1) is 18.9. The Balaban J connectivity index is 1.57. The van der Waals surface area contributed by atoms with Gasteiger partial charge in [-0.05, 0) is 37.0 Å². The molecule has 1 aromatic heterocycles. The lowest BCUT2D eigenvalue weighted by atomic mass is 10.0. The number of benzene rings is 2. The molecule has 1 saturated heterocycles. The van der Waals surface area contributed by atoms with Crippen LogP contribution < -0.4 is 0 Å². The molecule has 1 aliphatic rings. The largest absolute Gasteiger partial charge is 0.457 e. The Bertz CT molecular complexity index is 1290. The van der Waals surface area contributed by atoms with Crippen molar-refractivity contribution in [1.29, 1.82) is 0 Å². The zero-order valence-corrected chi connectivity index (χ0v) is 22.1. The molecule has 0 saturated carbocycles. The fourth-order valence-electron chi connectivity index (χ4n) is 4.64. The van der Waals surface area contributed by atoms with Crippen molar-refractivity contribution < 1.29 is 38.1 Å². The van der Waals surface area contributed by atoms with Gasteiger partial charge in [-0.25, -0.2) is 9.69 Å². The first kappa shape index (κ1) is 28.2. The first-order valence-electron chi connectivity index (χ1n) is 12.9. The number of furan rings is 1. The molecule has 1 N–H and O–H groups in total. The van der Waals surface area contributed by atoms with Crippen molar-refractivity contribution in [2.24, 2.45) is 0 Å². The normalized spacial score (nSPS) is 15.8. The Morgan fingerprint density at radius 2 is 1.90 bits per heavy atom. The van der Waals surface area contributed by atoms with Crippen molar-refractivity contribution in [3.05, 3.63) is 83.3 Å². The molecule has 9 heteroatoms. The molecule has 2 heterocycles. The van der Waals surface area contributed by atoms with E-state index < -0.39 is 29.9 Å². The number of aliphatic hydroxyl groups is 1. The lowest BCUT2D eigenvalue weighted by Gasteiger charge is -2.23. The third-order valence-electron chi connectivity index (χ3n) is 6.52. The Hall–Kier alpha value is -3.79. The molecule has 0 aliphatic carbocycles. The summed E-state index contributed by atoms with van der Waals surface area (Å²) in [5, 5.41) is 8.92. The molecule has 1 aliphatic heterocycles. The Morgan fingerprint density at radius 1 is 1.10 bits per heavy atom. The van der Waals surface area contributed by atoms with Crippen molar-refractivity contribution in [3.63, 3.8) is 0 Å². The number of hydrogen-bond acceptors (Lipinski definition) is 8. The highest BCUT2D eigenvalue weighted by molar-refractivity contribution is 6.14. The molecule has 0 spiro atoms. The fourth-order valence-corrected chi connectivity index (χ4v) is 4.64. The highest BCUT2D eigenvalue weighted by Crippen LogP contribution is 2.30. The number of imide groups is 1. The van der Waals surface area contributed by atoms with Crippen molar-refractivity contribution in [1.82, 2.24) is 4.90 Å². The van der Waals surface area contributed by atoms with Gasteiger partial charge in [0, 0.05) is 25.7 Å². The molecule has 39 heavy (non-hydrogen) atoms. The number of hydrogen-bond donors (Lipinski definition) is 1. The number of carbonyl (C=O) groups excluding carboxylic acids is 3. The van der Waals surface area contributed by atoms with Gasteiger partial charge in [0.25, 0.3) is 5.91 Å². The third-order valence-corrected chi connectivity index (χ3v) is 6.52. The second kappa shape index (κ2) is 13.3. The molecule has 0 radical (unpaired) electrons. The maximum atomic E-state index is 13.6. The number of methoxy groups -OCH3 is 1. The Morgan fingerprint density at radius 3 is 2.62 bits per heavy atom. The Labute approximate surface area is 227 Å². The number of ether oxygens (including phenoxy) is 3. The molecule has 9 nitrogen and oxygen atoms in total. The average Bonchev–Trinajstić information content (AvgIpc) is 3.53. The van der Waals surface area contributed by atoms with Crippen molar-refractivity contribution in [2.45, 2.75) is 38.3 Å². The van der Waals surface area contributed by atoms with Gasteiger partial charge in [0.05, 0.1) is 19.3 Å². The number of rotatable bonds is 13. The van der Waals surface area contributed by atoms with Crippen LogP contribution in [0.1, 0.15) is 33.9 Å². The molecule has 0 bridgehead atoms. The number of cyclic esters (lactones) is 1. The summed E-state index contributed by atoms with van der Waals surface area (Å²) in [6, 6.07) is 18.3. The van der Waals surface area contributed by atoms with Crippen LogP contribution >= 0.6 is 0 Å². The molecule has 3 aromatic rings. The van der Waals surface area contributed by atoms with E-state index in [1.54, 1.807) is 6.07 Å². The van der Waals surface area contributed by atoms with Crippen LogP contribution in [0.25, 0.3) is 11.1 Å². The topological polar surface area (TPSA) is 116 Å².